The Morgan fingerprint density at radius 2 is 1.26 bits per heavy atom. The average Bonchev–Trinajstić information content (AvgIpc) is 0.666. The fourth-order valence-corrected chi connectivity index (χ4v) is 16.9. The number of Topliss-reactive ketones (excluding diaryl/α,β-unsaturated/α-hetero) is 1. The molecular formula is C85H114N2O22S. The van der Waals surface area contributed by atoms with Crippen LogP contribution in [-0.4, -0.2) is 163 Å². The Bertz CT molecular complexity index is 4130. The van der Waals surface area contributed by atoms with Gasteiger partial charge in [0, 0.05) is 43.2 Å². The second kappa shape index (κ2) is 36.4. The molecule has 3 fully saturated rings. The Hall–Kier alpha value is -8.36. The van der Waals surface area contributed by atoms with Crippen LogP contribution in [0.2, 0.25) is 0 Å². The summed E-state index contributed by atoms with van der Waals surface area (Å²) in [4.78, 5) is 134. The lowest BCUT2D eigenvalue weighted by molar-refractivity contribution is -0.346. The van der Waals surface area contributed by atoms with Gasteiger partial charge in [0.25, 0.3) is 16.0 Å². The Labute approximate surface area is 647 Å². The molecule has 25 heteroatoms. The predicted molar refractivity (Wildman–Crippen MR) is 409 cm³/mol. The lowest BCUT2D eigenvalue weighted by atomic mass is 9.44. The van der Waals surface area contributed by atoms with E-state index in [1.165, 1.54) is 64.5 Å². The summed E-state index contributed by atoms with van der Waals surface area (Å²) in [5.74, 6) is -6.76. The largest absolute Gasteiger partial charge is 0.487 e. The topological polar surface area (TPSA) is 327 Å². The zero-order valence-corrected chi connectivity index (χ0v) is 67.8. The zero-order valence-electron chi connectivity index (χ0n) is 66.9. The van der Waals surface area contributed by atoms with E-state index in [0.717, 1.165) is 73.8 Å². The van der Waals surface area contributed by atoms with Crippen LogP contribution in [0.3, 0.4) is 0 Å². The fraction of sp³-hybridized carbons (Fsp3) is 0.588. The maximum absolute atomic E-state index is 16.6. The minimum absolute atomic E-state index is 0.00788. The predicted octanol–water partition coefficient (Wildman–Crippen LogP) is 12.7. The first kappa shape index (κ1) is 87.2. The highest BCUT2D eigenvalue weighted by molar-refractivity contribution is 7.85. The van der Waals surface area contributed by atoms with Gasteiger partial charge in [-0.2, -0.15) is 8.42 Å². The SMILES string of the molecule is CC(=O)O[C@H]1C(=O)[C@@]2(C)C([C@H](OC(=O)c3ccccc3)[C@]3(O)C[C@H](OC(=O)[C@H](OC(=O)CCC(=O)Oc4c(C)c(C)c5c(c4C)CC[C@@](C)(CCC[C@H](C)CCC[C@H](C)CCCC(C)C)O5)[C@@H](NC(=O)c4ccccc4)c4ccccc4)C(C)=C1C3(C)C)[C@]1(OC(C)=O)CO[C@@H]1C[C@@H]2OC(=O)CN(C)C.CS(=O)(=O)O. The summed E-state index contributed by atoms with van der Waals surface area (Å²) in [7, 11) is -0.394. The molecule has 110 heavy (non-hydrogen) atoms. The molecule has 9 rings (SSSR count). The van der Waals surface area contributed by atoms with Crippen molar-refractivity contribution in [2.24, 2.45) is 34.5 Å². The molecule has 3 N–H and O–H groups in total. The van der Waals surface area contributed by atoms with Crippen LogP contribution >= 0.6 is 0 Å². The number of rotatable bonds is 30. The van der Waals surface area contributed by atoms with Crippen molar-refractivity contribution in [3.8, 4) is 11.5 Å². The molecule has 2 bridgehead atoms. The van der Waals surface area contributed by atoms with Crippen molar-refractivity contribution in [2.75, 3.05) is 33.5 Å². The Morgan fingerprint density at radius 3 is 1.82 bits per heavy atom. The van der Waals surface area contributed by atoms with Crippen LogP contribution in [0.5, 0.6) is 11.5 Å². The molecule has 2 saturated carbocycles. The quantitative estimate of drug-likeness (QED) is 0.0144. The third-order valence-electron chi connectivity index (χ3n) is 23.0. The number of fused-ring (bicyclic) bond motifs is 6. The van der Waals surface area contributed by atoms with Crippen LogP contribution in [-0.2, 0) is 83.3 Å². The van der Waals surface area contributed by atoms with E-state index in [0.29, 0.717) is 29.9 Å². The van der Waals surface area contributed by atoms with E-state index < -0.39 is 160 Å². The fourth-order valence-electron chi connectivity index (χ4n) is 16.9. The number of nitrogens with one attached hydrogen (secondary N) is 1. The third kappa shape index (κ3) is 20.5. The monoisotopic (exact) mass is 1550 g/mol. The number of likely N-dealkylation sites (N-methyl/N-ethyl adjacent to an activating group) is 1. The summed E-state index contributed by atoms with van der Waals surface area (Å²) in [6, 6.07) is 22.5. The molecule has 14 atom stereocenters. The van der Waals surface area contributed by atoms with Gasteiger partial charge < -0.3 is 53.1 Å². The summed E-state index contributed by atoms with van der Waals surface area (Å²) in [6.07, 6.45) is 0.448. The van der Waals surface area contributed by atoms with Crippen molar-refractivity contribution in [1.29, 1.82) is 0 Å². The van der Waals surface area contributed by atoms with Crippen LogP contribution in [0.15, 0.2) is 102 Å². The van der Waals surface area contributed by atoms with Gasteiger partial charge in [0.15, 0.2) is 17.5 Å². The second-order valence-electron chi connectivity index (χ2n) is 32.6. The van der Waals surface area contributed by atoms with Crippen LogP contribution in [0.1, 0.15) is 221 Å². The van der Waals surface area contributed by atoms with Crippen molar-refractivity contribution in [1.82, 2.24) is 10.2 Å². The molecule has 1 amide bonds. The summed E-state index contributed by atoms with van der Waals surface area (Å²) in [6.45, 7) is 24.8. The molecule has 0 radical (unpaired) electrons. The van der Waals surface area contributed by atoms with Crippen molar-refractivity contribution in [3.05, 3.63) is 141 Å². The molecule has 5 aliphatic rings. The summed E-state index contributed by atoms with van der Waals surface area (Å²) in [5.41, 5.74) is -5.25. The molecular weight excluding hydrogens is 1430 g/mol. The first-order chi connectivity index (χ1) is 51.5. The number of aliphatic hydroxyl groups is 1. The molecule has 0 aromatic heterocycles. The van der Waals surface area contributed by atoms with E-state index in [2.05, 4.69) is 39.9 Å². The Balaban J connectivity index is 0.00000294. The van der Waals surface area contributed by atoms with E-state index in [-0.39, 0.29) is 46.4 Å². The van der Waals surface area contributed by atoms with Crippen LogP contribution < -0.4 is 14.8 Å². The minimum Gasteiger partial charge on any atom is -0.487 e. The van der Waals surface area contributed by atoms with Crippen LogP contribution in [0.25, 0.3) is 0 Å². The van der Waals surface area contributed by atoms with E-state index in [4.69, 9.17) is 47.2 Å². The molecule has 1 unspecified atom stereocenters. The standard InChI is InChI=1S/C84H110N2O19.CH4O3S/c1-49(2)29-26-30-50(3)31-27-32-51(4)33-28-43-81(13)44-42-61-54(7)70(52(5)53(6)71(61)105-81)101-65(89)40-41-66(90)102-73(69(58-34-20-17-21-35-58)85-77(93)59-36-22-18-23-37-59)79(95)99-62-46-84(96)76(103-78(94)60-38-24-19-25-39-60)74-82(14,75(92)72(98-56(9)87)68(55(62)8)80(84,11)12)63(100-67(91)47-86(15)16)45-64-83(74,48-97-64)104-57(10)88;1-5(2,3)4/h17-25,34-39,49-51,62-64,69,72-74,76,96H,26-33,40-48H2,1-16H3,(H,85,93);1H3,(H,2,3,4)/t50-,51-,62+,63+,64-,69+,72-,73-,74?,76+,81-,82-,83+,84-;/m1./s1. The second-order valence-corrected chi connectivity index (χ2v) is 34.1. The number of esters is 7. The molecule has 3 aliphatic carbocycles. The van der Waals surface area contributed by atoms with Gasteiger partial charge in [-0.05, 0) is 157 Å². The Kier molecular flexibility index (Phi) is 28.9. The zero-order chi connectivity index (χ0) is 81.2. The van der Waals surface area contributed by atoms with Gasteiger partial charge in [-0.25, -0.2) is 9.59 Å². The lowest BCUT2D eigenvalue weighted by Gasteiger charge is -2.67. The minimum atomic E-state index is -3.67. The molecule has 602 valence electrons. The van der Waals surface area contributed by atoms with Crippen LogP contribution in [0.4, 0.5) is 0 Å². The molecule has 4 aromatic rings. The maximum atomic E-state index is 16.6. The molecule has 24 nitrogen and oxygen atoms in total. The number of hydrogen-bond acceptors (Lipinski definition) is 22. The number of benzene rings is 4. The summed E-state index contributed by atoms with van der Waals surface area (Å²) >= 11 is 0. The van der Waals surface area contributed by atoms with Gasteiger partial charge in [0.1, 0.15) is 53.2 Å². The van der Waals surface area contributed by atoms with Gasteiger partial charge in [-0.1, -0.05) is 153 Å². The van der Waals surface area contributed by atoms with Crippen molar-refractivity contribution < 1.29 is 104 Å². The number of carbonyl (C=O) groups is 9. The van der Waals surface area contributed by atoms with E-state index >= 15 is 9.59 Å². The maximum Gasteiger partial charge on any atom is 0.350 e. The number of nitrogens with zero attached hydrogens (tertiary/aromatic N) is 1. The number of amides is 1. The lowest BCUT2D eigenvalue weighted by Crippen LogP contribution is -2.82. The molecule has 2 heterocycles. The highest BCUT2D eigenvalue weighted by Crippen LogP contribution is 2.65. The van der Waals surface area contributed by atoms with E-state index in [1.54, 1.807) is 112 Å². The van der Waals surface area contributed by atoms with Crippen molar-refractivity contribution >= 4 is 63.6 Å². The van der Waals surface area contributed by atoms with E-state index in [9.17, 15) is 47.1 Å². The van der Waals surface area contributed by atoms with E-state index in [1.807, 2.05) is 20.8 Å². The summed E-state index contributed by atoms with van der Waals surface area (Å²) in [5, 5.41) is 17.4. The number of ketones is 1. The van der Waals surface area contributed by atoms with Gasteiger partial charge in [0.05, 0.1) is 49.1 Å². The van der Waals surface area contributed by atoms with Gasteiger partial charge in [-0.15, -0.1) is 0 Å². The van der Waals surface area contributed by atoms with Crippen molar-refractivity contribution in [2.45, 2.75) is 253 Å². The smallest absolute Gasteiger partial charge is 0.350 e. The number of hydrogen-bond donors (Lipinski definition) is 3. The van der Waals surface area contributed by atoms with Gasteiger partial charge >= 0.3 is 41.8 Å². The Morgan fingerprint density at radius 1 is 0.700 bits per heavy atom. The molecule has 1 saturated heterocycles. The normalized spacial score (nSPS) is 25.6. The van der Waals surface area contributed by atoms with Gasteiger partial charge in [-0.3, -0.25) is 43.0 Å². The first-order valence-corrected chi connectivity index (χ1v) is 40.2. The first-order valence-electron chi connectivity index (χ1n) is 38.4. The highest BCUT2D eigenvalue weighted by atomic mass is 32.2. The number of ether oxygens (including phenoxy) is 9. The average molecular weight is 1550 g/mol. The summed E-state index contributed by atoms with van der Waals surface area (Å²) < 4.78 is 83.3. The molecule has 4 aromatic carbocycles. The molecule has 2 aliphatic heterocycles. The molecule has 0 spiro atoms. The number of carbonyl (C=O) groups excluding carboxylic acids is 9. The third-order valence-corrected chi connectivity index (χ3v) is 23.0. The highest BCUT2D eigenvalue weighted by Gasteiger charge is 2.79. The van der Waals surface area contributed by atoms with Crippen LogP contribution in [0, 0.1) is 55.3 Å². The van der Waals surface area contributed by atoms with Gasteiger partial charge in [0.2, 0.25) is 6.10 Å². The van der Waals surface area contributed by atoms with Crippen molar-refractivity contribution in [3.63, 3.8) is 0 Å².